The molecule has 0 fully saturated rings. The summed E-state index contributed by atoms with van der Waals surface area (Å²) < 4.78 is 4.80. The highest BCUT2D eigenvalue weighted by Gasteiger charge is 2.14. The zero-order valence-corrected chi connectivity index (χ0v) is 12.4. The molecule has 0 amide bonds. The number of para-hydroxylation sites is 1. The predicted octanol–water partition coefficient (Wildman–Crippen LogP) is 3.56. The highest BCUT2D eigenvalue weighted by molar-refractivity contribution is 6.04. The van der Waals surface area contributed by atoms with E-state index in [1.807, 2.05) is 36.4 Å². The molecule has 5 heteroatoms. The van der Waals surface area contributed by atoms with Crippen LogP contribution < -0.4 is 0 Å². The van der Waals surface area contributed by atoms with Crippen molar-refractivity contribution in [1.29, 1.82) is 0 Å². The Morgan fingerprint density at radius 1 is 1.09 bits per heavy atom. The first-order valence-corrected chi connectivity index (χ1v) is 7.18. The molecule has 0 aliphatic carbocycles. The van der Waals surface area contributed by atoms with Crippen LogP contribution in [-0.4, -0.2) is 28.3 Å². The number of rotatable bonds is 2. The second-order valence-corrected chi connectivity index (χ2v) is 5.20. The smallest absolute Gasteiger partial charge is 0.337 e. The molecule has 0 unspecified atom stereocenters. The molecule has 0 aliphatic rings. The third-order valence-electron chi connectivity index (χ3n) is 3.89. The molecule has 2 aromatic carbocycles. The average molecular weight is 303 g/mol. The normalized spacial score (nSPS) is 11.0. The summed E-state index contributed by atoms with van der Waals surface area (Å²) in [4.78, 5) is 16.2. The average Bonchev–Trinajstić information content (AvgIpc) is 3.03. The minimum atomic E-state index is -0.362. The van der Waals surface area contributed by atoms with Gasteiger partial charge in [-0.15, -0.1) is 0 Å². The number of ether oxygens (including phenoxy) is 1. The standard InChI is InChI=1S/C18H13N3O2/c1-23-18(22)11-6-7-16-14(10-11)17(21-20-16)13-8-9-19-15-5-3-2-4-12(13)15/h2-10H,1H3,(H,20,21). The highest BCUT2D eigenvalue weighted by atomic mass is 16.5. The predicted molar refractivity (Wildman–Crippen MR) is 88.2 cm³/mol. The van der Waals surface area contributed by atoms with Crippen LogP contribution in [0.1, 0.15) is 10.4 Å². The summed E-state index contributed by atoms with van der Waals surface area (Å²) in [5.41, 5.74) is 4.05. The van der Waals surface area contributed by atoms with Crippen LogP contribution in [0.15, 0.2) is 54.7 Å². The molecule has 0 saturated carbocycles. The first kappa shape index (κ1) is 13.5. The summed E-state index contributed by atoms with van der Waals surface area (Å²) in [6.07, 6.45) is 1.77. The number of H-pyrrole nitrogens is 1. The maximum atomic E-state index is 11.8. The van der Waals surface area contributed by atoms with Gasteiger partial charge in [-0.2, -0.15) is 5.10 Å². The largest absolute Gasteiger partial charge is 0.465 e. The second kappa shape index (κ2) is 5.21. The topological polar surface area (TPSA) is 67.9 Å². The summed E-state index contributed by atoms with van der Waals surface area (Å²) >= 11 is 0. The van der Waals surface area contributed by atoms with Crippen LogP contribution in [0.25, 0.3) is 33.1 Å². The molecule has 0 aliphatic heterocycles. The van der Waals surface area contributed by atoms with Gasteiger partial charge in [-0.05, 0) is 30.3 Å². The number of fused-ring (bicyclic) bond motifs is 2. The number of aromatic nitrogens is 3. The van der Waals surface area contributed by atoms with Gasteiger partial charge in [0.05, 0.1) is 23.7 Å². The summed E-state index contributed by atoms with van der Waals surface area (Å²) in [6.45, 7) is 0. The molecule has 1 N–H and O–H groups in total. The van der Waals surface area contributed by atoms with E-state index in [9.17, 15) is 4.79 Å². The molecule has 4 aromatic rings. The Bertz CT molecular complexity index is 1030. The van der Waals surface area contributed by atoms with Crippen LogP contribution in [0.5, 0.6) is 0 Å². The number of benzene rings is 2. The van der Waals surface area contributed by atoms with Crippen molar-refractivity contribution in [1.82, 2.24) is 15.2 Å². The van der Waals surface area contributed by atoms with Gasteiger partial charge in [0.1, 0.15) is 5.69 Å². The Labute approximate surface area is 131 Å². The molecule has 112 valence electrons. The van der Waals surface area contributed by atoms with Crippen molar-refractivity contribution in [2.45, 2.75) is 0 Å². The fourth-order valence-corrected chi connectivity index (χ4v) is 2.77. The van der Waals surface area contributed by atoms with E-state index in [0.717, 1.165) is 33.1 Å². The summed E-state index contributed by atoms with van der Waals surface area (Å²) in [6, 6.07) is 15.2. The van der Waals surface area contributed by atoms with Crippen molar-refractivity contribution >= 4 is 27.8 Å². The van der Waals surface area contributed by atoms with Gasteiger partial charge in [-0.1, -0.05) is 18.2 Å². The summed E-state index contributed by atoms with van der Waals surface area (Å²) in [7, 11) is 1.37. The summed E-state index contributed by atoms with van der Waals surface area (Å²) in [5.74, 6) is -0.362. The number of carbonyl (C=O) groups is 1. The fourth-order valence-electron chi connectivity index (χ4n) is 2.77. The van der Waals surface area contributed by atoms with Gasteiger partial charge in [-0.25, -0.2) is 4.79 Å². The molecule has 4 rings (SSSR count). The van der Waals surface area contributed by atoms with Crippen molar-refractivity contribution in [3.63, 3.8) is 0 Å². The number of esters is 1. The van der Waals surface area contributed by atoms with Gasteiger partial charge in [0.25, 0.3) is 0 Å². The zero-order valence-electron chi connectivity index (χ0n) is 12.4. The Morgan fingerprint density at radius 2 is 1.96 bits per heavy atom. The lowest BCUT2D eigenvalue weighted by Gasteiger charge is -2.04. The Morgan fingerprint density at radius 3 is 2.83 bits per heavy atom. The van der Waals surface area contributed by atoms with Gasteiger partial charge in [0.2, 0.25) is 0 Å². The lowest BCUT2D eigenvalue weighted by Crippen LogP contribution is -2.00. The van der Waals surface area contributed by atoms with Crippen molar-refractivity contribution in [2.75, 3.05) is 7.11 Å². The van der Waals surface area contributed by atoms with Gasteiger partial charge >= 0.3 is 5.97 Å². The van der Waals surface area contributed by atoms with Crippen molar-refractivity contribution < 1.29 is 9.53 Å². The molecule has 0 atom stereocenters. The number of pyridine rings is 1. The number of methoxy groups -OCH3 is 1. The molecule has 2 aromatic heterocycles. The zero-order chi connectivity index (χ0) is 15.8. The monoisotopic (exact) mass is 303 g/mol. The number of nitrogens with one attached hydrogen (secondary N) is 1. The lowest BCUT2D eigenvalue weighted by molar-refractivity contribution is 0.0601. The van der Waals surface area contributed by atoms with Crippen LogP contribution in [-0.2, 0) is 4.74 Å². The molecule has 5 nitrogen and oxygen atoms in total. The van der Waals surface area contributed by atoms with Crippen molar-refractivity contribution in [2.24, 2.45) is 0 Å². The molecule has 0 bridgehead atoms. The summed E-state index contributed by atoms with van der Waals surface area (Å²) in [5, 5.41) is 9.35. The molecule has 0 radical (unpaired) electrons. The van der Waals surface area contributed by atoms with Crippen LogP contribution >= 0.6 is 0 Å². The van der Waals surface area contributed by atoms with E-state index >= 15 is 0 Å². The number of aromatic amines is 1. The minimum absolute atomic E-state index is 0.362. The first-order valence-electron chi connectivity index (χ1n) is 7.18. The highest BCUT2D eigenvalue weighted by Crippen LogP contribution is 2.31. The molecule has 0 spiro atoms. The van der Waals surface area contributed by atoms with Gasteiger partial charge in [-0.3, -0.25) is 10.1 Å². The van der Waals surface area contributed by atoms with E-state index in [1.165, 1.54) is 7.11 Å². The molecule has 23 heavy (non-hydrogen) atoms. The van der Waals surface area contributed by atoms with E-state index in [2.05, 4.69) is 15.2 Å². The van der Waals surface area contributed by atoms with Crippen LogP contribution in [0, 0.1) is 0 Å². The van der Waals surface area contributed by atoms with Crippen LogP contribution in [0.2, 0.25) is 0 Å². The van der Waals surface area contributed by atoms with E-state index in [-0.39, 0.29) is 5.97 Å². The van der Waals surface area contributed by atoms with Crippen molar-refractivity contribution in [3.8, 4) is 11.3 Å². The van der Waals surface area contributed by atoms with Gasteiger partial charge < -0.3 is 4.74 Å². The Kier molecular flexibility index (Phi) is 3.05. The quantitative estimate of drug-likeness (QED) is 0.575. The van der Waals surface area contributed by atoms with Gasteiger partial charge in [0, 0.05) is 22.5 Å². The third-order valence-corrected chi connectivity index (χ3v) is 3.89. The number of hydrogen-bond acceptors (Lipinski definition) is 4. The van der Waals surface area contributed by atoms with Gasteiger partial charge in [0.15, 0.2) is 0 Å². The number of nitrogens with zero attached hydrogens (tertiary/aromatic N) is 2. The lowest BCUT2D eigenvalue weighted by atomic mass is 10.0. The fraction of sp³-hybridized carbons (Fsp3) is 0.0556. The number of hydrogen-bond donors (Lipinski definition) is 1. The maximum Gasteiger partial charge on any atom is 0.337 e. The van der Waals surface area contributed by atoms with E-state index < -0.39 is 0 Å². The molecular weight excluding hydrogens is 290 g/mol. The molecule has 2 heterocycles. The maximum absolute atomic E-state index is 11.8. The van der Waals surface area contributed by atoms with E-state index in [1.54, 1.807) is 18.3 Å². The second-order valence-electron chi connectivity index (χ2n) is 5.20. The Balaban J connectivity index is 1.99. The Hall–Kier alpha value is -3.21. The van der Waals surface area contributed by atoms with Crippen molar-refractivity contribution in [3.05, 3.63) is 60.3 Å². The minimum Gasteiger partial charge on any atom is -0.465 e. The van der Waals surface area contributed by atoms with E-state index in [4.69, 9.17) is 4.74 Å². The van der Waals surface area contributed by atoms with Crippen LogP contribution in [0.3, 0.4) is 0 Å². The first-order chi connectivity index (χ1) is 11.3. The molecule has 0 saturated heterocycles. The third kappa shape index (κ3) is 2.14. The molecular formula is C18H13N3O2. The number of carbonyl (C=O) groups excluding carboxylic acids is 1. The van der Waals surface area contributed by atoms with E-state index in [0.29, 0.717) is 5.56 Å². The van der Waals surface area contributed by atoms with Crippen LogP contribution in [0.4, 0.5) is 0 Å². The SMILES string of the molecule is COC(=O)c1ccc2[nH]nc(-c3ccnc4ccccc34)c2c1.